The number of hydrogen-bond acceptors (Lipinski definition) is 4. The molecule has 1 atom stereocenters. The van der Waals surface area contributed by atoms with Gasteiger partial charge in [-0.3, -0.25) is 0 Å². The number of carbonyl (C=O) groups is 1. The Kier molecular flexibility index (Phi) is 8.36. The maximum Gasteiger partial charge on any atom is 0.407 e. The molecule has 0 saturated carbocycles. The number of ether oxygens (including phenoxy) is 2. The van der Waals surface area contributed by atoms with E-state index >= 15 is 0 Å². The highest BCUT2D eigenvalue weighted by atomic mass is 16.6. The minimum Gasteiger partial charge on any atom is -0.489 e. The number of alkyl carbamates (subject to hydrolysis) is 1. The molecular formula is C28H34N2O3. The van der Waals surface area contributed by atoms with Crippen LogP contribution < -0.4 is 15.4 Å². The number of hydrogen-bond donors (Lipinski definition) is 2. The normalized spacial score (nSPS) is 12.0. The average molecular weight is 447 g/mol. The summed E-state index contributed by atoms with van der Waals surface area (Å²) in [7, 11) is 0. The molecule has 5 nitrogen and oxygen atoms in total. The molecular weight excluding hydrogens is 412 g/mol. The summed E-state index contributed by atoms with van der Waals surface area (Å²) < 4.78 is 11.1. The van der Waals surface area contributed by atoms with Crippen LogP contribution in [0, 0.1) is 0 Å². The molecule has 0 heterocycles. The Morgan fingerprint density at radius 2 is 1.55 bits per heavy atom. The Labute approximate surface area is 197 Å². The lowest BCUT2D eigenvalue weighted by molar-refractivity contribution is 0.0525. The Bertz CT molecular complexity index is 994. The fourth-order valence-corrected chi connectivity index (χ4v) is 3.25. The van der Waals surface area contributed by atoms with Crippen molar-refractivity contribution < 1.29 is 14.3 Å². The van der Waals surface area contributed by atoms with Gasteiger partial charge in [0.25, 0.3) is 0 Å². The number of amides is 1. The molecule has 0 saturated heterocycles. The van der Waals surface area contributed by atoms with E-state index in [4.69, 9.17) is 9.47 Å². The van der Waals surface area contributed by atoms with Gasteiger partial charge in [0, 0.05) is 18.8 Å². The van der Waals surface area contributed by atoms with E-state index in [0.29, 0.717) is 13.2 Å². The summed E-state index contributed by atoms with van der Waals surface area (Å²) >= 11 is 0. The van der Waals surface area contributed by atoms with Crippen LogP contribution in [0.4, 0.5) is 10.5 Å². The van der Waals surface area contributed by atoms with Crippen molar-refractivity contribution in [1.82, 2.24) is 5.32 Å². The molecule has 0 aliphatic rings. The van der Waals surface area contributed by atoms with Crippen LogP contribution >= 0.6 is 0 Å². The Balaban J connectivity index is 1.42. The third-order valence-corrected chi connectivity index (χ3v) is 5.10. The topological polar surface area (TPSA) is 59.6 Å². The van der Waals surface area contributed by atoms with Crippen molar-refractivity contribution in [3.8, 4) is 5.75 Å². The van der Waals surface area contributed by atoms with Crippen molar-refractivity contribution in [3.05, 3.63) is 95.6 Å². The molecule has 0 aliphatic carbocycles. The molecule has 1 unspecified atom stereocenters. The number of nitrogens with one attached hydrogen (secondary N) is 2. The van der Waals surface area contributed by atoms with Crippen LogP contribution in [0.3, 0.4) is 0 Å². The number of benzene rings is 3. The summed E-state index contributed by atoms with van der Waals surface area (Å²) in [4.78, 5) is 11.8. The summed E-state index contributed by atoms with van der Waals surface area (Å²) in [5, 5.41) is 6.28. The van der Waals surface area contributed by atoms with Crippen LogP contribution in [0.2, 0.25) is 0 Å². The van der Waals surface area contributed by atoms with Gasteiger partial charge in [0.05, 0.1) is 0 Å². The van der Waals surface area contributed by atoms with Crippen molar-refractivity contribution in [2.75, 3.05) is 11.9 Å². The zero-order valence-electron chi connectivity index (χ0n) is 19.9. The van der Waals surface area contributed by atoms with Crippen LogP contribution in [-0.2, 0) is 17.9 Å². The van der Waals surface area contributed by atoms with Gasteiger partial charge in [0.15, 0.2) is 0 Å². The highest BCUT2D eigenvalue weighted by molar-refractivity contribution is 5.67. The van der Waals surface area contributed by atoms with E-state index in [2.05, 4.69) is 66.1 Å². The predicted octanol–water partition coefficient (Wildman–Crippen LogP) is 6.51. The molecule has 3 rings (SSSR count). The second kappa shape index (κ2) is 11.4. The van der Waals surface area contributed by atoms with E-state index in [1.165, 1.54) is 5.56 Å². The lowest BCUT2D eigenvalue weighted by Crippen LogP contribution is -2.34. The SMILES string of the molecule is CC(CNC(=O)OC(C)(C)C)c1ccc(NCc2ccc(OCc3ccccc3)cc2)cc1. The van der Waals surface area contributed by atoms with E-state index in [-0.39, 0.29) is 12.0 Å². The second-order valence-corrected chi connectivity index (χ2v) is 9.18. The van der Waals surface area contributed by atoms with Gasteiger partial charge in [0.2, 0.25) is 0 Å². The van der Waals surface area contributed by atoms with E-state index < -0.39 is 5.60 Å². The molecule has 5 heteroatoms. The van der Waals surface area contributed by atoms with E-state index in [0.717, 1.165) is 29.1 Å². The zero-order chi connectivity index (χ0) is 23.7. The quantitative estimate of drug-likeness (QED) is 0.394. The van der Waals surface area contributed by atoms with Gasteiger partial charge in [-0.25, -0.2) is 4.79 Å². The van der Waals surface area contributed by atoms with Gasteiger partial charge < -0.3 is 20.1 Å². The molecule has 3 aromatic carbocycles. The fraction of sp³-hybridized carbons (Fsp3) is 0.321. The van der Waals surface area contributed by atoms with Gasteiger partial charge in [0.1, 0.15) is 18.0 Å². The lowest BCUT2D eigenvalue weighted by atomic mass is 10.0. The molecule has 0 fully saturated rings. The van der Waals surface area contributed by atoms with Gasteiger partial charge in [-0.2, -0.15) is 0 Å². The molecule has 33 heavy (non-hydrogen) atoms. The highest BCUT2D eigenvalue weighted by Gasteiger charge is 2.16. The Morgan fingerprint density at radius 3 is 2.18 bits per heavy atom. The van der Waals surface area contributed by atoms with Crippen LogP contribution in [0.15, 0.2) is 78.9 Å². The molecule has 0 bridgehead atoms. The predicted molar refractivity (Wildman–Crippen MR) is 134 cm³/mol. The third kappa shape index (κ3) is 8.53. The number of rotatable bonds is 9. The van der Waals surface area contributed by atoms with Gasteiger partial charge in [-0.15, -0.1) is 0 Å². The smallest absolute Gasteiger partial charge is 0.407 e. The zero-order valence-corrected chi connectivity index (χ0v) is 19.9. The monoisotopic (exact) mass is 446 g/mol. The first kappa shape index (κ1) is 24.2. The molecule has 2 N–H and O–H groups in total. The first-order valence-corrected chi connectivity index (χ1v) is 11.3. The fourth-order valence-electron chi connectivity index (χ4n) is 3.25. The lowest BCUT2D eigenvalue weighted by Gasteiger charge is -2.21. The summed E-state index contributed by atoms with van der Waals surface area (Å²) in [6, 6.07) is 26.6. The maximum absolute atomic E-state index is 11.8. The molecule has 0 spiro atoms. The highest BCUT2D eigenvalue weighted by Crippen LogP contribution is 2.19. The second-order valence-electron chi connectivity index (χ2n) is 9.18. The standard InChI is InChI=1S/C28H34N2O3/c1-21(18-30-27(31)33-28(2,3)4)24-12-14-25(15-13-24)29-19-22-10-16-26(17-11-22)32-20-23-8-6-5-7-9-23/h5-17,21,29H,18-20H2,1-4H3,(H,30,31). The molecule has 0 radical (unpaired) electrons. The summed E-state index contributed by atoms with van der Waals surface area (Å²) in [6.07, 6.45) is -0.385. The van der Waals surface area contributed by atoms with Crippen molar-refractivity contribution in [2.24, 2.45) is 0 Å². The van der Waals surface area contributed by atoms with Crippen LogP contribution in [0.5, 0.6) is 5.75 Å². The summed E-state index contributed by atoms with van der Waals surface area (Å²) in [6.45, 7) is 9.48. The average Bonchev–Trinajstić information content (AvgIpc) is 2.80. The van der Waals surface area contributed by atoms with E-state index in [1.54, 1.807) is 0 Å². The van der Waals surface area contributed by atoms with Crippen molar-refractivity contribution in [1.29, 1.82) is 0 Å². The third-order valence-electron chi connectivity index (χ3n) is 5.10. The summed E-state index contributed by atoms with van der Waals surface area (Å²) in [5.41, 5.74) is 4.06. The minimum absolute atomic E-state index is 0.190. The van der Waals surface area contributed by atoms with Gasteiger partial charge in [-0.1, -0.05) is 61.5 Å². The number of carbonyl (C=O) groups excluding carboxylic acids is 1. The largest absolute Gasteiger partial charge is 0.489 e. The number of anilines is 1. The first-order valence-electron chi connectivity index (χ1n) is 11.3. The summed E-state index contributed by atoms with van der Waals surface area (Å²) in [5.74, 6) is 1.05. The molecule has 1 amide bonds. The van der Waals surface area contributed by atoms with Crippen molar-refractivity contribution in [2.45, 2.75) is 52.4 Å². The Morgan fingerprint density at radius 1 is 0.879 bits per heavy atom. The molecule has 0 aliphatic heterocycles. The van der Waals surface area contributed by atoms with Crippen LogP contribution in [-0.4, -0.2) is 18.2 Å². The van der Waals surface area contributed by atoms with Gasteiger partial charge in [-0.05, 0) is 67.6 Å². The van der Waals surface area contributed by atoms with Crippen molar-refractivity contribution >= 4 is 11.8 Å². The first-order chi connectivity index (χ1) is 15.8. The van der Waals surface area contributed by atoms with E-state index in [1.807, 2.05) is 51.1 Å². The van der Waals surface area contributed by atoms with E-state index in [9.17, 15) is 4.79 Å². The molecule has 3 aromatic rings. The van der Waals surface area contributed by atoms with Gasteiger partial charge >= 0.3 is 6.09 Å². The van der Waals surface area contributed by atoms with Crippen molar-refractivity contribution in [3.63, 3.8) is 0 Å². The minimum atomic E-state index is -0.490. The molecule has 0 aromatic heterocycles. The Hall–Kier alpha value is -3.47. The van der Waals surface area contributed by atoms with Crippen LogP contribution in [0.1, 0.15) is 50.3 Å². The maximum atomic E-state index is 11.8. The van der Waals surface area contributed by atoms with Crippen LogP contribution in [0.25, 0.3) is 0 Å². The molecule has 174 valence electrons.